The number of hydrogen-bond donors (Lipinski definition) is 1. The monoisotopic (exact) mass is 249 g/mol. The van der Waals surface area contributed by atoms with Gasteiger partial charge in [-0.25, -0.2) is 0 Å². The zero-order valence-corrected chi connectivity index (χ0v) is 11.4. The van der Waals surface area contributed by atoms with Crippen molar-refractivity contribution in [1.29, 1.82) is 0 Å². The van der Waals surface area contributed by atoms with Gasteiger partial charge >= 0.3 is 0 Å². The van der Waals surface area contributed by atoms with Gasteiger partial charge in [-0.3, -0.25) is 4.68 Å². The first-order chi connectivity index (χ1) is 8.30. The van der Waals surface area contributed by atoms with Crippen LogP contribution < -0.4 is 5.32 Å². The van der Waals surface area contributed by atoms with Gasteiger partial charge in [-0.1, -0.05) is 6.92 Å². The van der Waals surface area contributed by atoms with Gasteiger partial charge < -0.3 is 5.32 Å². The van der Waals surface area contributed by atoms with Crippen LogP contribution in [0.5, 0.6) is 0 Å². The summed E-state index contributed by atoms with van der Waals surface area (Å²) in [5.74, 6) is 0. The summed E-state index contributed by atoms with van der Waals surface area (Å²) in [6.45, 7) is 5.22. The second-order valence-corrected chi connectivity index (χ2v) is 5.15. The van der Waals surface area contributed by atoms with Crippen LogP contribution in [-0.2, 0) is 13.0 Å². The van der Waals surface area contributed by atoms with Crippen LogP contribution in [0.15, 0.2) is 24.4 Å². The second kappa shape index (κ2) is 5.47. The first-order valence-electron chi connectivity index (χ1n) is 6.07. The Hall–Kier alpha value is -1.13. The van der Waals surface area contributed by atoms with Gasteiger partial charge in [0.25, 0.3) is 0 Å². The fraction of sp³-hybridized carbons (Fsp3) is 0.462. The molecule has 92 valence electrons. The van der Waals surface area contributed by atoms with Crippen molar-refractivity contribution < 1.29 is 0 Å². The molecule has 2 heterocycles. The molecule has 0 radical (unpaired) electrons. The van der Waals surface area contributed by atoms with Crippen molar-refractivity contribution in [2.24, 2.45) is 0 Å². The highest BCUT2D eigenvalue weighted by Crippen LogP contribution is 2.28. The number of aromatic nitrogens is 2. The highest BCUT2D eigenvalue weighted by atomic mass is 32.1. The van der Waals surface area contributed by atoms with Crippen LogP contribution in [0.3, 0.4) is 0 Å². The Morgan fingerprint density at radius 2 is 2.18 bits per heavy atom. The van der Waals surface area contributed by atoms with Crippen LogP contribution in [-0.4, -0.2) is 16.8 Å². The van der Waals surface area contributed by atoms with Gasteiger partial charge in [-0.2, -0.15) is 5.10 Å². The Morgan fingerprint density at radius 3 is 2.76 bits per heavy atom. The molecule has 0 amide bonds. The number of hydrogen-bond acceptors (Lipinski definition) is 3. The Balaban J connectivity index is 2.33. The molecule has 0 aliphatic heterocycles. The van der Waals surface area contributed by atoms with Gasteiger partial charge in [0.05, 0.1) is 11.7 Å². The summed E-state index contributed by atoms with van der Waals surface area (Å²) in [5, 5.41) is 7.72. The van der Waals surface area contributed by atoms with Crippen LogP contribution in [0.25, 0.3) is 0 Å². The lowest BCUT2D eigenvalue weighted by molar-refractivity contribution is 0.567. The molecule has 2 rings (SSSR count). The number of rotatable bonds is 5. The van der Waals surface area contributed by atoms with E-state index >= 15 is 0 Å². The summed E-state index contributed by atoms with van der Waals surface area (Å²) in [6.07, 6.45) is 2.98. The summed E-state index contributed by atoms with van der Waals surface area (Å²) in [6, 6.07) is 6.78. The lowest BCUT2D eigenvalue weighted by Crippen LogP contribution is -2.20. The van der Waals surface area contributed by atoms with Gasteiger partial charge in [0.2, 0.25) is 0 Å². The van der Waals surface area contributed by atoms with Crippen molar-refractivity contribution >= 4 is 11.3 Å². The maximum atomic E-state index is 4.34. The van der Waals surface area contributed by atoms with E-state index in [0.717, 1.165) is 13.0 Å². The molecule has 1 unspecified atom stereocenters. The molecule has 0 bridgehead atoms. The number of aryl methyl sites for hydroxylation is 2. The summed E-state index contributed by atoms with van der Waals surface area (Å²) in [5.41, 5.74) is 1.24. The Bertz CT molecular complexity index is 472. The summed E-state index contributed by atoms with van der Waals surface area (Å²) in [4.78, 5) is 2.79. The number of thiophene rings is 1. The van der Waals surface area contributed by atoms with E-state index in [0.29, 0.717) is 0 Å². The first kappa shape index (κ1) is 12.3. The Labute approximate surface area is 106 Å². The van der Waals surface area contributed by atoms with Crippen LogP contribution >= 0.6 is 11.3 Å². The molecule has 0 aromatic carbocycles. The molecule has 1 N–H and O–H groups in total. The minimum atomic E-state index is 0.253. The van der Waals surface area contributed by atoms with Gasteiger partial charge in [-0.15, -0.1) is 11.3 Å². The second-order valence-electron chi connectivity index (χ2n) is 3.95. The van der Waals surface area contributed by atoms with E-state index in [1.807, 2.05) is 29.3 Å². The summed E-state index contributed by atoms with van der Waals surface area (Å²) in [7, 11) is 2.00. The average Bonchev–Trinajstić information content (AvgIpc) is 2.99. The Morgan fingerprint density at radius 1 is 1.35 bits per heavy atom. The van der Waals surface area contributed by atoms with E-state index in [2.05, 4.69) is 42.5 Å². The first-order valence-corrected chi connectivity index (χ1v) is 6.89. The van der Waals surface area contributed by atoms with Gasteiger partial charge in [0.15, 0.2) is 0 Å². The number of nitrogens with zero attached hydrogens (tertiary/aromatic N) is 2. The molecule has 4 heteroatoms. The zero-order valence-electron chi connectivity index (χ0n) is 10.6. The van der Waals surface area contributed by atoms with Crippen molar-refractivity contribution in [2.75, 3.05) is 7.05 Å². The van der Waals surface area contributed by atoms with Gasteiger partial charge in [-0.05, 0) is 38.6 Å². The van der Waals surface area contributed by atoms with Crippen molar-refractivity contribution in [3.8, 4) is 0 Å². The predicted molar refractivity (Wildman–Crippen MR) is 72.5 cm³/mol. The lowest BCUT2D eigenvalue weighted by atomic mass is 10.1. The Kier molecular flexibility index (Phi) is 3.97. The van der Waals surface area contributed by atoms with E-state index < -0.39 is 0 Å². The SMILES string of the molecule is CCc1ccc(C(NC)c2ccnn2CC)s1. The van der Waals surface area contributed by atoms with Crippen LogP contribution in [0.4, 0.5) is 0 Å². The van der Waals surface area contributed by atoms with Crippen molar-refractivity contribution in [2.45, 2.75) is 32.9 Å². The molecule has 0 saturated carbocycles. The third-order valence-corrected chi connectivity index (χ3v) is 4.24. The van der Waals surface area contributed by atoms with E-state index in [9.17, 15) is 0 Å². The predicted octanol–water partition coefficient (Wildman–Crippen LogP) is 2.84. The van der Waals surface area contributed by atoms with Crippen LogP contribution in [0.1, 0.15) is 35.3 Å². The summed E-state index contributed by atoms with van der Waals surface area (Å²) < 4.78 is 2.05. The van der Waals surface area contributed by atoms with Crippen molar-refractivity contribution in [3.05, 3.63) is 39.8 Å². The van der Waals surface area contributed by atoms with E-state index in [1.165, 1.54) is 15.4 Å². The molecule has 3 nitrogen and oxygen atoms in total. The molecule has 0 saturated heterocycles. The molecule has 17 heavy (non-hydrogen) atoms. The molecule has 2 aromatic rings. The van der Waals surface area contributed by atoms with Crippen molar-refractivity contribution in [1.82, 2.24) is 15.1 Å². The smallest absolute Gasteiger partial charge is 0.0839 e. The van der Waals surface area contributed by atoms with Gasteiger partial charge in [0, 0.05) is 22.5 Å². The maximum absolute atomic E-state index is 4.34. The fourth-order valence-electron chi connectivity index (χ4n) is 2.03. The molecule has 0 aliphatic carbocycles. The van der Waals surface area contributed by atoms with E-state index in [1.54, 1.807) is 0 Å². The quantitative estimate of drug-likeness (QED) is 0.883. The molecule has 0 aliphatic rings. The molecular weight excluding hydrogens is 230 g/mol. The topological polar surface area (TPSA) is 29.9 Å². The van der Waals surface area contributed by atoms with Crippen LogP contribution in [0.2, 0.25) is 0 Å². The third kappa shape index (κ3) is 2.42. The van der Waals surface area contributed by atoms with Crippen LogP contribution in [0, 0.1) is 0 Å². The summed E-state index contributed by atoms with van der Waals surface area (Å²) >= 11 is 1.88. The lowest BCUT2D eigenvalue weighted by Gasteiger charge is -2.15. The van der Waals surface area contributed by atoms with Gasteiger partial charge in [0.1, 0.15) is 0 Å². The maximum Gasteiger partial charge on any atom is 0.0839 e. The minimum absolute atomic E-state index is 0.253. The highest BCUT2D eigenvalue weighted by Gasteiger charge is 2.17. The zero-order chi connectivity index (χ0) is 12.3. The fourth-order valence-corrected chi connectivity index (χ4v) is 3.10. The standard InChI is InChI=1S/C13H19N3S/c1-4-10-6-7-12(17-10)13(14-3)11-8-9-15-16(11)5-2/h6-9,13-14H,4-5H2,1-3H3. The minimum Gasteiger partial charge on any atom is -0.307 e. The largest absolute Gasteiger partial charge is 0.307 e. The third-order valence-electron chi connectivity index (χ3n) is 2.95. The average molecular weight is 249 g/mol. The van der Waals surface area contributed by atoms with E-state index in [4.69, 9.17) is 0 Å². The molecule has 1 atom stereocenters. The molecule has 2 aromatic heterocycles. The molecule has 0 fully saturated rings. The normalized spacial score (nSPS) is 12.9. The number of nitrogens with one attached hydrogen (secondary N) is 1. The molecule has 0 spiro atoms. The highest BCUT2D eigenvalue weighted by molar-refractivity contribution is 7.12. The van der Waals surface area contributed by atoms with E-state index in [-0.39, 0.29) is 6.04 Å². The molecular formula is C13H19N3S. The van der Waals surface area contributed by atoms with Crippen molar-refractivity contribution in [3.63, 3.8) is 0 Å².